The van der Waals surface area contributed by atoms with Gasteiger partial charge in [0.05, 0.1) is 17.8 Å². The second-order valence-electron chi connectivity index (χ2n) is 3.78. The number of benzene rings is 2. The highest BCUT2D eigenvalue weighted by Gasteiger charge is 2.10. The Balaban J connectivity index is 2.21. The first-order chi connectivity index (χ1) is 9.11. The Morgan fingerprint density at radius 3 is 2.63 bits per heavy atom. The molecule has 0 atom stereocenters. The molecule has 1 N–H and O–H groups in total. The standard InChI is InChI=1S/C14H11ClINO2/c1-19-13-7-6-9(8-10(13)15)14(18)17-12-5-3-2-4-11(12)16/h2-8H,1H3,(H,17,18). The summed E-state index contributed by atoms with van der Waals surface area (Å²) >= 11 is 8.17. The number of carbonyl (C=O) groups excluding carboxylic acids is 1. The van der Waals surface area contributed by atoms with Gasteiger partial charge in [0.25, 0.3) is 5.91 Å². The van der Waals surface area contributed by atoms with Crippen molar-refractivity contribution in [1.29, 1.82) is 0 Å². The number of rotatable bonds is 3. The maximum atomic E-state index is 12.1. The van der Waals surface area contributed by atoms with Crippen LogP contribution in [0.15, 0.2) is 42.5 Å². The molecule has 0 unspecified atom stereocenters. The van der Waals surface area contributed by atoms with Crippen LogP contribution in [0.5, 0.6) is 5.75 Å². The van der Waals surface area contributed by atoms with Crippen LogP contribution in [-0.2, 0) is 0 Å². The molecule has 0 aromatic heterocycles. The third-order valence-electron chi connectivity index (χ3n) is 2.54. The lowest BCUT2D eigenvalue weighted by Crippen LogP contribution is -2.12. The molecule has 0 aliphatic rings. The van der Waals surface area contributed by atoms with Gasteiger partial charge < -0.3 is 10.1 Å². The lowest BCUT2D eigenvalue weighted by atomic mass is 10.2. The van der Waals surface area contributed by atoms with Gasteiger partial charge in [0.15, 0.2) is 0 Å². The highest BCUT2D eigenvalue weighted by atomic mass is 127. The van der Waals surface area contributed by atoms with Gasteiger partial charge in [0.2, 0.25) is 0 Å². The van der Waals surface area contributed by atoms with Gasteiger partial charge in [-0.25, -0.2) is 0 Å². The molecule has 0 saturated heterocycles. The zero-order valence-electron chi connectivity index (χ0n) is 10.1. The molecule has 2 rings (SSSR count). The Morgan fingerprint density at radius 1 is 1.26 bits per heavy atom. The number of methoxy groups -OCH3 is 1. The summed E-state index contributed by atoms with van der Waals surface area (Å²) in [5.74, 6) is 0.348. The second-order valence-corrected chi connectivity index (χ2v) is 5.35. The molecule has 0 aliphatic heterocycles. The molecule has 2 aromatic carbocycles. The van der Waals surface area contributed by atoms with Crippen molar-refractivity contribution < 1.29 is 9.53 Å². The minimum atomic E-state index is -0.200. The zero-order chi connectivity index (χ0) is 13.8. The van der Waals surface area contributed by atoms with Crippen molar-refractivity contribution in [2.45, 2.75) is 0 Å². The molecule has 0 heterocycles. The fourth-order valence-electron chi connectivity index (χ4n) is 1.56. The molecular formula is C14H11ClINO2. The number of amides is 1. The Hall–Kier alpha value is -1.27. The first kappa shape index (κ1) is 14.1. The lowest BCUT2D eigenvalue weighted by molar-refractivity contribution is 0.102. The Kier molecular flexibility index (Phi) is 4.66. The zero-order valence-corrected chi connectivity index (χ0v) is 13.0. The molecule has 0 radical (unpaired) electrons. The highest BCUT2D eigenvalue weighted by molar-refractivity contribution is 14.1. The number of para-hydroxylation sites is 1. The third kappa shape index (κ3) is 3.39. The highest BCUT2D eigenvalue weighted by Crippen LogP contribution is 2.25. The van der Waals surface area contributed by atoms with Crippen LogP contribution in [-0.4, -0.2) is 13.0 Å². The van der Waals surface area contributed by atoms with E-state index in [-0.39, 0.29) is 5.91 Å². The van der Waals surface area contributed by atoms with Crippen LogP contribution in [0.2, 0.25) is 5.02 Å². The maximum Gasteiger partial charge on any atom is 0.255 e. The van der Waals surface area contributed by atoms with Crippen molar-refractivity contribution in [2.24, 2.45) is 0 Å². The van der Waals surface area contributed by atoms with Gasteiger partial charge in [-0.15, -0.1) is 0 Å². The van der Waals surface area contributed by atoms with Gasteiger partial charge in [-0.3, -0.25) is 4.79 Å². The Morgan fingerprint density at radius 2 is 2.00 bits per heavy atom. The summed E-state index contributed by atoms with van der Waals surface area (Å²) in [5, 5.41) is 3.26. The van der Waals surface area contributed by atoms with Crippen LogP contribution in [0.1, 0.15) is 10.4 Å². The fourth-order valence-corrected chi connectivity index (χ4v) is 2.34. The van der Waals surface area contributed by atoms with Crippen molar-refractivity contribution in [3.05, 3.63) is 56.6 Å². The number of halogens is 2. The minimum absolute atomic E-state index is 0.200. The first-order valence-corrected chi connectivity index (χ1v) is 6.97. The van der Waals surface area contributed by atoms with Gasteiger partial charge in [-0.2, -0.15) is 0 Å². The number of ether oxygens (including phenoxy) is 1. The number of hydrogen-bond donors (Lipinski definition) is 1. The van der Waals surface area contributed by atoms with Gasteiger partial charge >= 0.3 is 0 Å². The van der Waals surface area contributed by atoms with Crippen LogP contribution in [0.25, 0.3) is 0 Å². The number of carbonyl (C=O) groups is 1. The van der Waals surface area contributed by atoms with Crippen molar-refractivity contribution in [3.63, 3.8) is 0 Å². The van der Waals surface area contributed by atoms with Gasteiger partial charge in [0, 0.05) is 9.13 Å². The molecule has 98 valence electrons. The van der Waals surface area contributed by atoms with E-state index in [1.807, 2.05) is 24.3 Å². The van der Waals surface area contributed by atoms with E-state index in [1.54, 1.807) is 18.2 Å². The number of nitrogens with one attached hydrogen (secondary N) is 1. The van der Waals surface area contributed by atoms with Crippen LogP contribution in [0.4, 0.5) is 5.69 Å². The van der Waals surface area contributed by atoms with Crippen LogP contribution < -0.4 is 10.1 Å². The number of hydrogen-bond acceptors (Lipinski definition) is 2. The van der Waals surface area contributed by atoms with Crippen molar-refractivity contribution in [3.8, 4) is 5.75 Å². The van der Waals surface area contributed by atoms with Gasteiger partial charge in [0.1, 0.15) is 5.75 Å². The summed E-state index contributed by atoms with van der Waals surface area (Å²) < 4.78 is 6.03. The predicted molar refractivity (Wildman–Crippen MR) is 85.1 cm³/mol. The van der Waals surface area contributed by atoms with Gasteiger partial charge in [-0.05, 0) is 52.9 Å². The molecule has 19 heavy (non-hydrogen) atoms. The average molecular weight is 388 g/mol. The molecule has 5 heteroatoms. The van der Waals surface area contributed by atoms with E-state index in [0.29, 0.717) is 16.3 Å². The van der Waals surface area contributed by atoms with Crippen molar-refractivity contribution in [2.75, 3.05) is 12.4 Å². The fraction of sp³-hybridized carbons (Fsp3) is 0.0714. The molecule has 0 aliphatic carbocycles. The van der Waals surface area contributed by atoms with E-state index in [2.05, 4.69) is 27.9 Å². The molecule has 0 saturated carbocycles. The van der Waals surface area contributed by atoms with Crippen LogP contribution in [0.3, 0.4) is 0 Å². The molecule has 0 bridgehead atoms. The molecular weight excluding hydrogens is 377 g/mol. The van der Waals surface area contributed by atoms with Crippen molar-refractivity contribution >= 4 is 45.8 Å². The molecule has 3 nitrogen and oxygen atoms in total. The smallest absolute Gasteiger partial charge is 0.255 e. The monoisotopic (exact) mass is 387 g/mol. The summed E-state index contributed by atoms with van der Waals surface area (Å²) in [7, 11) is 1.54. The van der Waals surface area contributed by atoms with Gasteiger partial charge in [-0.1, -0.05) is 23.7 Å². The Bertz CT molecular complexity index is 616. The average Bonchev–Trinajstić information content (AvgIpc) is 2.41. The second kappa shape index (κ2) is 6.25. The normalized spacial score (nSPS) is 10.1. The van der Waals surface area contributed by atoms with E-state index in [9.17, 15) is 4.79 Å². The predicted octanol–water partition coefficient (Wildman–Crippen LogP) is 4.21. The topological polar surface area (TPSA) is 38.3 Å². The largest absolute Gasteiger partial charge is 0.495 e. The quantitative estimate of drug-likeness (QED) is 0.802. The van der Waals surface area contributed by atoms with Crippen molar-refractivity contribution in [1.82, 2.24) is 0 Å². The molecule has 1 amide bonds. The summed E-state index contributed by atoms with van der Waals surface area (Å²) in [4.78, 5) is 12.1. The van der Waals surface area contributed by atoms with E-state index in [4.69, 9.17) is 16.3 Å². The summed E-state index contributed by atoms with van der Waals surface area (Å²) in [6.07, 6.45) is 0. The summed E-state index contributed by atoms with van der Waals surface area (Å²) in [6.45, 7) is 0. The van der Waals surface area contributed by atoms with Crippen LogP contribution in [0, 0.1) is 3.57 Å². The van der Waals surface area contributed by atoms with Crippen LogP contribution >= 0.6 is 34.2 Å². The molecule has 0 spiro atoms. The lowest BCUT2D eigenvalue weighted by Gasteiger charge is -2.08. The van der Waals surface area contributed by atoms with E-state index < -0.39 is 0 Å². The summed E-state index contributed by atoms with van der Waals surface area (Å²) in [5.41, 5.74) is 1.27. The molecule has 2 aromatic rings. The maximum absolute atomic E-state index is 12.1. The number of anilines is 1. The minimum Gasteiger partial charge on any atom is -0.495 e. The first-order valence-electron chi connectivity index (χ1n) is 5.51. The van der Waals surface area contributed by atoms with E-state index in [0.717, 1.165) is 9.26 Å². The SMILES string of the molecule is COc1ccc(C(=O)Nc2ccccc2I)cc1Cl. The summed E-state index contributed by atoms with van der Waals surface area (Å²) in [6, 6.07) is 12.5. The third-order valence-corrected chi connectivity index (χ3v) is 3.77. The molecule has 0 fully saturated rings. The van der Waals surface area contributed by atoms with E-state index >= 15 is 0 Å². The van der Waals surface area contributed by atoms with E-state index in [1.165, 1.54) is 7.11 Å². The Labute approximate surface area is 130 Å².